The molecule has 0 fully saturated rings. The first kappa shape index (κ1) is 19.9. The van der Waals surface area contributed by atoms with Crippen LogP contribution in [-0.4, -0.2) is 29.7 Å². The number of hydrogen-bond acceptors (Lipinski definition) is 6. The lowest BCUT2D eigenvalue weighted by Gasteiger charge is -2.07. The molecule has 0 spiro atoms. The molecule has 0 atom stereocenters. The molecule has 0 amide bonds. The fourth-order valence-corrected chi connectivity index (χ4v) is 3.07. The predicted molar refractivity (Wildman–Crippen MR) is 122 cm³/mol. The van der Waals surface area contributed by atoms with Gasteiger partial charge in [-0.05, 0) is 42.0 Å². The molecule has 152 valence electrons. The van der Waals surface area contributed by atoms with Crippen molar-refractivity contribution in [3.8, 4) is 22.5 Å². The highest BCUT2D eigenvalue weighted by Gasteiger charge is 2.15. The third-order valence-corrected chi connectivity index (χ3v) is 4.47. The van der Waals surface area contributed by atoms with Crippen molar-refractivity contribution in [1.29, 1.82) is 0 Å². The maximum absolute atomic E-state index is 4.82. The number of pyridine rings is 2. The van der Waals surface area contributed by atoms with E-state index in [4.69, 9.17) is 5.10 Å². The minimum atomic E-state index is 0.461. The molecule has 0 saturated carbocycles. The number of nitrogens with one attached hydrogen (secondary N) is 1. The van der Waals surface area contributed by atoms with E-state index in [-0.39, 0.29) is 0 Å². The monoisotopic (exact) mass is 407 g/mol. The van der Waals surface area contributed by atoms with Gasteiger partial charge in [-0.25, -0.2) is 9.97 Å². The first-order valence-electron chi connectivity index (χ1n) is 9.69. The van der Waals surface area contributed by atoms with Crippen LogP contribution in [0.5, 0.6) is 0 Å². The maximum atomic E-state index is 4.82. The van der Waals surface area contributed by atoms with E-state index in [1.807, 2.05) is 47.4 Å². The molecule has 0 aromatic carbocycles. The lowest BCUT2D eigenvalue weighted by Crippen LogP contribution is -2.02. The zero-order valence-electron chi connectivity index (χ0n) is 16.9. The highest BCUT2D eigenvalue weighted by Crippen LogP contribution is 2.30. The van der Waals surface area contributed by atoms with Gasteiger partial charge in [0.05, 0.1) is 12.2 Å². The second kappa shape index (κ2) is 9.41. The summed E-state index contributed by atoms with van der Waals surface area (Å²) in [5.41, 5.74) is 5.16. The van der Waals surface area contributed by atoms with Crippen molar-refractivity contribution in [2.45, 2.75) is 6.54 Å². The summed E-state index contributed by atoms with van der Waals surface area (Å²) < 4.78 is 1.89. The molecule has 4 heterocycles. The third kappa shape index (κ3) is 4.79. The van der Waals surface area contributed by atoms with Crippen molar-refractivity contribution in [3.63, 3.8) is 0 Å². The molecule has 4 aromatic heterocycles. The molecule has 0 bridgehead atoms. The zero-order valence-corrected chi connectivity index (χ0v) is 16.9. The van der Waals surface area contributed by atoms with Gasteiger partial charge in [0.25, 0.3) is 0 Å². The van der Waals surface area contributed by atoms with Crippen LogP contribution in [-0.2, 0) is 6.54 Å². The summed E-state index contributed by atoms with van der Waals surface area (Å²) in [7, 11) is 0. The van der Waals surface area contributed by atoms with Crippen LogP contribution in [0.2, 0.25) is 0 Å². The van der Waals surface area contributed by atoms with Crippen LogP contribution in [0.25, 0.3) is 22.5 Å². The number of anilines is 1. The largest absolute Gasteiger partial charge is 0.324 e. The smallest absolute Gasteiger partial charge is 0.227 e. The standard InChI is InChI=1S/C24H21N7/c1-3-7-20(4-2)28-24-27-13-10-22(29-24)21-17-31(16-18-8-5-11-25-14-18)30-23(21)19-9-6-12-26-15-19/h3-15,17H,1-2,16H2,(H,27,28,29)/b20-7+. The topological polar surface area (TPSA) is 81.4 Å². The van der Waals surface area contributed by atoms with E-state index in [0.29, 0.717) is 12.5 Å². The minimum absolute atomic E-state index is 0.461. The molecule has 4 aromatic rings. The Hall–Kier alpha value is -4.39. The Balaban J connectivity index is 1.74. The third-order valence-electron chi connectivity index (χ3n) is 4.47. The number of nitrogens with zero attached hydrogens (tertiary/aromatic N) is 6. The van der Waals surface area contributed by atoms with Crippen LogP contribution >= 0.6 is 0 Å². The van der Waals surface area contributed by atoms with Crippen LogP contribution in [0.4, 0.5) is 5.95 Å². The maximum Gasteiger partial charge on any atom is 0.227 e. The Labute approximate surface area is 180 Å². The number of rotatable bonds is 8. The molecule has 7 nitrogen and oxygen atoms in total. The van der Waals surface area contributed by atoms with E-state index in [1.165, 1.54) is 0 Å². The molecule has 31 heavy (non-hydrogen) atoms. The molecule has 0 aliphatic heterocycles. The van der Waals surface area contributed by atoms with E-state index in [0.717, 1.165) is 33.8 Å². The quantitative estimate of drug-likeness (QED) is 0.433. The molecular weight excluding hydrogens is 386 g/mol. The van der Waals surface area contributed by atoms with E-state index < -0.39 is 0 Å². The predicted octanol–water partition coefficient (Wildman–Crippen LogP) is 4.51. The Morgan fingerprint density at radius 1 is 1.03 bits per heavy atom. The summed E-state index contributed by atoms with van der Waals surface area (Å²) in [6.45, 7) is 8.10. The van der Waals surface area contributed by atoms with Gasteiger partial charge in [0, 0.05) is 54.0 Å². The lowest BCUT2D eigenvalue weighted by atomic mass is 10.1. The molecule has 7 heteroatoms. The van der Waals surface area contributed by atoms with Gasteiger partial charge in [-0.1, -0.05) is 25.3 Å². The van der Waals surface area contributed by atoms with Crippen molar-refractivity contribution in [3.05, 3.63) is 110 Å². The van der Waals surface area contributed by atoms with Gasteiger partial charge in [0.15, 0.2) is 0 Å². The van der Waals surface area contributed by atoms with E-state index >= 15 is 0 Å². The Morgan fingerprint density at radius 3 is 2.58 bits per heavy atom. The van der Waals surface area contributed by atoms with Crippen molar-refractivity contribution < 1.29 is 0 Å². The molecule has 0 aliphatic carbocycles. The molecule has 1 N–H and O–H groups in total. The lowest BCUT2D eigenvalue weighted by molar-refractivity contribution is 0.687. The number of hydrogen-bond donors (Lipinski definition) is 1. The van der Waals surface area contributed by atoms with Crippen LogP contribution < -0.4 is 5.32 Å². The van der Waals surface area contributed by atoms with Gasteiger partial charge in [0.2, 0.25) is 5.95 Å². The van der Waals surface area contributed by atoms with Crippen LogP contribution in [0.1, 0.15) is 5.56 Å². The number of allylic oxidation sites excluding steroid dienone is 3. The first-order chi connectivity index (χ1) is 15.3. The Morgan fingerprint density at radius 2 is 1.87 bits per heavy atom. The van der Waals surface area contributed by atoms with Gasteiger partial charge < -0.3 is 5.32 Å². The van der Waals surface area contributed by atoms with Gasteiger partial charge in [0.1, 0.15) is 5.69 Å². The molecule has 0 radical (unpaired) electrons. The molecule has 0 unspecified atom stereocenters. The van der Waals surface area contributed by atoms with Gasteiger partial charge in [-0.3, -0.25) is 14.6 Å². The summed E-state index contributed by atoms with van der Waals surface area (Å²) in [6, 6.07) is 9.67. The van der Waals surface area contributed by atoms with E-state index in [2.05, 4.69) is 38.4 Å². The highest BCUT2D eigenvalue weighted by molar-refractivity contribution is 5.78. The summed E-state index contributed by atoms with van der Waals surface area (Å²) in [5, 5.41) is 7.96. The van der Waals surface area contributed by atoms with Crippen molar-refractivity contribution in [2.75, 3.05) is 5.32 Å². The van der Waals surface area contributed by atoms with E-state index in [1.54, 1.807) is 43.0 Å². The van der Waals surface area contributed by atoms with Crippen molar-refractivity contribution >= 4 is 5.95 Å². The average molecular weight is 407 g/mol. The second-order valence-corrected chi connectivity index (χ2v) is 6.64. The summed E-state index contributed by atoms with van der Waals surface area (Å²) >= 11 is 0. The highest BCUT2D eigenvalue weighted by atomic mass is 15.3. The van der Waals surface area contributed by atoms with E-state index in [9.17, 15) is 0 Å². The van der Waals surface area contributed by atoms with Gasteiger partial charge in [-0.15, -0.1) is 0 Å². The van der Waals surface area contributed by atoms with Crippen molar-refractivity contribution in [1.82, 2.24) is 29.7 Å². The Kier molecular flexibility index (Phi) is 6.04. The molecule has 4 rings (SSSR count). The zero-order chi connectivity index (χ0) is 21.5. The number of aromatic nitrogens is 6. The summed E-state index contributed by atoms with van der Waals surface area (Å²) in [6.07, 6.45) is 16.0. The summed E-state index contributed by atoms with van der Waals surface area (Å²) in [4.78, 5) is 17.4. The normalized spacial score (nSPS) is 11.2. The molecule has 0 aliphatic rings. The van der Waals surface area contributed by atoms with Gasteiger partial charge >= 0.3 is 0 Å². The summed E-state index contributed by atoms with van der Waals surface area (Å²) in [5.74, 6) is 0.461. The second-order valence-electron chi connectivity index (χ2n) is 6.64. The minimum Gasteiger partial charge on any atom is -0.324 e. The van der Waals surface area contributed by atoms with Gasteiger partial charge in [-0.2, -0.15) is 5.10 Å². The SMILES string of the molecule is C=C/C=C(\C=C)Nc1nccc(-c2cn(Cc3cccnc3)nc2-c2cccnc2)n1. The fourth-order valence-electron chi connectivity index (χ4n) is 3.07. The van der Waals surface area contributed by atoms with Crippen LogP contribution in [0.15, 0.2) is 105 Å². The first-order valence-corrected chi connectivity index (χ1v) is 9.69. The van der Waals surface area contributed by atoms with Crippen LogP contribution in [0.3, 0.4) is 0 Å². The molecular formula is C24H21N7. The van der Waals surface area contributed by atoms with Crippen molar-refractivity contribution in [2.24, 2.45) is 0 Å². The van der Waals surface area contributed by atoms with Crippen LogP contribution in [0, 0.1) is 0 Å². The average Bonchev–Trinajstić information content (AvgIpc) is 3.24. The fraction of sp³-hybridized carbons (Fsp3) is 0.0417. The Bertz CT molecular complexity index is 1210. The molecule has 0 saturated heterocycles.